The van der Waals surface area contributed by atoms with Gasteiger partial charge in [-0.15, -0.1) is 0 Å². The van der Waals surface area contributed by atoms with E-state index in [1.54, 1.807) is 6.92 Å². The zero-order chi connectivity index (χ0) is 24.3. The van der Waals surface area contributed by atoms with E-state index in [1.807, 2.05) is 18.2 Å². The van der Waals surface area contributed by atoms with Crippen LogP contribution in [-0.4, -0.2) is 23.3 Å². The summed E-state index contributed by atoms with van der Waals surface area (Å²) in [5, 5.41) is 9.49. The number of nitrogen functional groups attached to an aromatic ring is 1. The van der Waals surface area contributed by atoms with Crippen molar-refractivity contribution in [3.63, 3.8) is 0 Å². The smallest absolute Gasteiger partial charge is 0.156 e. The fourth-order valence-electron chi connectivity index (χ4n) is 8.07. The van der Waals surface area contributed by atoms with Gasteiger partial charge in [0.15, 0.2) is 5.78 Å². The summed E-state index contributed by atoms with van der Waals surface area (Å²) >= 11 is 0. The van der Waals surface area contributed by atoms with Crippen molar-refractivity contribution in [2.45, 2.75) is 65.2 Å². The third-order valence-corrected chi connectivity index (χ3v) is 9.61. The Balaban J connectivity index is 1.73. The quantitative estimate of drug-likeness (QED) is 0.485. The number of anilines is 1. The Morgan fingerprint density at radius 3 is 2.65 bits per heavy atom. The van der Waals surface area contributed by atoms with E-state index in [9.17, 15) is 14.7 Å². The van der Waals surface area contributed by atoms with Crippen molar-refractivity contribution in [3.05, 3.63) is 52.6 Å². The molecule has 0 saturated heterocycles. The maximum atomic E-state index is 13.3. The molecule has 0 radical (unpaired) electrons. The van der Waals surface area contributed by atoms with Crippen molar-refractivity contribution in [1.29, 1.82) is 0 Å². The van der Waals surface area contributed by atoms with Gasteiger partial charge in [0.05, 0.1) is 5.41 Å². The second kappa shape index (κ2) is 8.24. The van der Waals surface area contributed by atoms with Crippen LogP contribution in [0.15, 0.2) is 47.1 Å². The van der Waals surface area contributed by atoms with Gasteiger partial charge in [-0.3, -0.25) is 9.59 Å². The van der Waals surface area contributed by atoms with Crippen molar-refractivity contribution in [1.82, 2.24) is 0 Å². The van der Waals surface area contributed by atoms with Crippen molar-refractivity contribution in [2.75, 3.05) is 12.3 Å². The molecule has 4 heteroatoms. The molecule has 34 heavy (non-hydrogen) atoms. The van der Waals surface area contributed by atoms with Crippen molar-refractivity contribution in [3.8, 4) is 11.8 Å². The van der Waals surface area contributed by atoms with Gasteiger partial charge in [-0.25, -0.2) is 0 Å². The summed E-state index contributed by atoms with van der Waals surface area (Å²) in [6, 6.07) is 8.20. The van der Waals surface area contributed by atoms with Crippen LogP contribution in [0.5, 0.6) is 0 Å². The molecular formula is C30H35NO3. The highest BCUT2D eigenvalue weighted by Crippen LogP contribution is 2.70. The molecule has 4 aliphatic carbocycles. The first-order valence-corrected chi connectivity index (χ1v) is 12.7. The molecule has 2 saturated carbocycles. The van der Waals surface area contributed by atoms with Crippen LogP contribution in [0.4, 0.5) is 5.69 Å². The third kappa shape index (κ3) is 3.24. The van der Waals surface area contributed by atoms with E-state index in [2.05, 4.69) is 37.8 Å². The predicted octanol–water partition coefficient (Wildman–Crippen LogP) is 4.99. The van der Waals surface area contributed by atoms with Crippen molar-refractivity contribution < 1.29 is 14.7 Å². The summed E-state index contributed by atoms with van der Waals surface area (Å²) in [5.74, 6) is 7.76. The lowest BCUT2D eigenvalue weighted by atomic mass is 9.47. The normalized spacial score (nSPS) is 36.6. The van der Waals surface area contributed by atoms with Crippen LogP contribution in [0.2, 0.25) is 0 Å². The molecule has 2 fully saturated rings. The minimum atomic E-state index is -0.732. The molecule has 0 heterocycles. The number of Topliss-reactive ketones (excluding diaryl/α,β-unsaturated/α-hetero) is 1. The fourth-order valence-corrected chi connectivity index (χ4v) is 8.07. The Hall–Kier alpha value is -2.64. The summed E-state index contributed by atoms with van der Waals surface area (Å²) in [4.78, 5) is 25.6. The monoisotopic (exact) mass is 457 g/mol. The van der Waals surface area contributed by atoms with Crippen LogP contribution in [0, 0.1) is 40.4 Å². The number of ketones is 2. The zero-order valence-corrected chi connectivity index (χ0v) is 20.5. The molecule has 0 bridgehead atoms. The minimum Gasteiger partial charge on any atom is -0.399 e. The number of benzene rings is 1. The highest BCUT2D eigenvalue weighted by atomic mass is 16.2. The van der Waals surface area contributed by atoms with E-state index in [0.717, 1.165) is 37.8 Å². The molecule has 1 unspecified atom stereocenters. The van der Waals surface area contributed by atoms with Crippen LogP contribution in [0.25, 0.3) is 0 Å². The SMILES string of the molecule is CC(=O)[C@]1(C#CCO)CC[C@H]2[C@@H]3CC(C)C4=CC(=O)CCC4=C3[C@@H](c3ccc(N)cc3)C[C@@]21C. The van der Waals surface area contributed by atoms with Crippen LogP contribution < -0.4 is 5.73 Å². The summed E-state index contributed by atoms with van der Waals surface area (Å²) in [6.07, 6.45) is 6.87. The van der Waals surface area contributed by atoms with Gasteiger partial charge in [-0.1, -0.05) is 43.4 Å². The number of carbonyl (C=O) groups excluding carboxylic acids is 2. The van der Waals surface area contributed by atoms with Crippen LogP contribution >= 0.6 is 0 Å². The Morgan fingerprint density at radius 1 is 1.24 bits per heavy atom. The Morgan fingerprint density at radius 2 is 1.97 bits per heavy atom. The number of fused-ring (bicyclic) bond motifs is 4. The van der Waals surface area contributed by atoms with Gasteiger partial charge in [0.25, 0.3) is 0 Å². The van der Waals surface area contributed by atoms with E-state index in [1.165, 1.54) is 22.3 Å². The molecule has 5 rings (SSSR count). The summed E-state index contributed by atoms with van der Waals surface area (Å²) in [6.45, 7) is 5.99. The van der Waals surface area contributed by atoms with Gasteiger partial charge in [-0.2, -0.15) is 0 Å². The molecule has 3 N–H and O–H groups in total. The Bertz CT molecular complexity index is 1160. The Labute approximate surface area is 202 Å². The predicted molar refractivity (Wildman–Crippen MR) is 134 cm³/mol. The summed E-state index contributed by atoms with van der Waals surface area (Å²) in [7, 11) is 0. The van der Waals surface area contributed by atoms with E-state index < -0.39 is 5.41 Å². The van der Waals surface area contributed by atoms with E-state index in [-0.39, 0.29) is 29.5 Å². The molecule has 0 amide bonds. The molecule has 0 spiro atoms. The van der Waals surface area contributed by atoms with Crippen LogP contribution in [0.3, 0.4) is 0 Å². The summed E-state index contributed by atoms with van der Waals surface area (Å²) < 4.78 is 0. The minimum absolute atomic E-state index is 0.123. The Kier molecular flexibility index (Phi) is 5.60. The molecule has 0 aromatic heterocycles. The number of hydrogen-bond acceptors (Lipinski definition) is 4. The maximum Gasteiger partial charge on any atom is 0.156 e. The molecule has 1 aromatic rings. The van der Waals surface area contributed by atoms with Crippen molar-refractivity contribution in [2.24, 2.45) is 28.6 Å². The van der Waals surface area contributed by atoms with E-state index in [4.69, 9.17) is 5.73 Å². The first kappa shape index (κ1) is 23.1. The van der Waals surface area contributed by atoms with Gasteiger partial charge in [0, 0.05) is 18.0 Å². The molecular weight excluding hydrogens is 422 g/mol. The average Bonchev–Trinajstić information content (AvgIpc) is 3.11. The molecule has 6 atom stereocenters. The van der Waals surface area contributed by atoms with Gasteiger partial charge in [0.1, 0.15) is 12.4 Å². The highest BCUT2D eigenvalue weighted by molar-refractivity contribution is 5.93. The maximum absolute atomic E-state index is 13.3. The first-order valence-electron chi connectivity index (χ1n) is 12.7. The number of allylic oxidation sites excluding steroid dienone is 4. The van der Waals surface area contributed by atoms with E-state index in [0.29, 0.717) is 24.2 Å². The molecule has 4 nitrogen and oxygen atoms in total. The lowest BCUT2D eigenvalue weighted by Gasteiger charge is -2.55. The van der Waals surface area contributed by atoms with E-state index >= 15 is 0 Å². The summed E-state index contributed by atoms with van der Waals surface area (Å²) in [5.41, 5.74) is 11.1. The van der Waals surface area contributed by atoms with Crippen LogP contribution in [0.1, 0.15) is 70.8 Å². The number of carbonyl (C=O) groups is 2. The van der Waals surface area contributed by atoms with Gasteiger partial charge >= 0.3 is 0 Å². The molecule has 178 valence electrons. The van der Waals surface area contributed by atoms with Crippen LogP contribution in [-0.2, 0) is 9.59 Å². The lowest BCUT2D eigenvalue weighted by molar-refractivity contribution is -0.130. The zero-order valence-electron chi connectivity index (χ0n) is 20.5. The number of rotatable bonds is 2. The standard InChI is InChI=1S/C30H35NO3/c1-18-15-25-27-11-13-30(19(2)33,12-4-14-32)29(27,3)17-26(20-5-7-21(31)8-6-20)28(25)23-10-9-22(34)16-24(18)23/h5-8,16,18,25-27,32H,9-11,13-15,17,31H2,1-3H3/t18?,25-,26+,27-,29-,30-/m0/s1. The number of nitrogens with two attached hydrogens (primary N) is 1. The molecule has 4 aliphatic rings. The average molecular weight is 458 g/mol. The van der Waals surface area contributed by atoms with Gasteiger partial charge in [0.2, 0.25) is 0 Å². The lowest BCUT2D eigenvalue weighted by Crippen LogP contribution is -2.50. The molecule has 1 aromatic carbocycles. The number of aliphatic hydroxyl groups is 1. The highest BCUT2D eigenvalue weighted by Gasteiger charge is 2.65. The topological polar surface area (TPSA) is 80.4 Å². The largest absolute Gasteiger partial charge is 0.399 e. The van der Waals surface area contributed by atoms with Gasteiger partial charge in [-0.05, 0) is 97.1 Å². The second-order valence-corrected chi connectivity index (χ2v) is 11.2. The second-order valence-electron chi connectivity index (χ2n) is 11.2. The first-order chi connectivity index (χ1) is 16.2. The number of hydrogen-bond donors (Lipinski definition) is 2. The van der Waals surface area contributed by atoms with Crippen molar-refractivity contribution >= 4 is 17.3 Å². The number of aliphatic hydroxyl groups excluding tert-OH is 1. The van der Waals surface area contributed by atoms with Gasteiger partial charge < -0.3 is 10.8 Å². The fraction of sp³-hybridized carbons (Fsp3) is 0.533. The third-order valence-electron chi connectivity index (χ3n) is 9.61. The molecule has 0 aliphatic heterocycles.